The zero-order valence-electron chi connectivity index (χ0n) is 9.84. The van der Waals surface area contributed by atoms with Crippen LogP contribution in [0.1, 0.15) is 6.42 Å². The van der Waals surface area contributed by atoms with Crippen molar-refractivity contribution in [2.75, 3.05) is 41.0 Å². The number of rotatable bonds is 9. The highest BCUT2D eigenvalue weighted by molar-refractivity contribution is 6.60. The zero-order chi connectivity index (χ0) is 10.9. The van der Waals surface area contributed by atoms with E-state index in [0.29, 0.717) is 6.54 Å². The second-order valence-electron chi connectivity index (χ2n) is 2.94. The average molecular weight is 240 g/mol. The second-order valence-corrected chi connectivity index (χ2v) is 6.03. The van der Waals surface area contributed by atoms with Crippen LogP contribution in [0.15, 0.2) is 0 Å². The minimum atomic E-state index is -2.35. The van der Waals surface area contributed by atoms with Crippen LogP contribution in [0.25, 0.3) is 0 Å². The quantitative estimate of drug-likeness (QED) is 0.397. The van der Waals surface area contributed by atoms with E-state index in [0.717, 1.165) is 25.6 Å². The molecule has 0 fully saturated rings. The lowest BCUT2D eigenvalue weighted by Crippen LogP contribution is -2.43. The molecule has 0 aromatic carbocycles. The Kier molecular flexibility index (Phi) is 12.2. The van der Waals surface area contributed by atoms with Crippen LogP contribution in [-0.4, -0.2) is 55.2 Å². The Hall–Kier alpha value is -0.0231. The van der Waals surface area contributed by atoms with Gasteiger partial charge in [-0.15, -0.1) is 0 Å². The van der Waals surface area contributed by atoms with Gasteiger partial charge in [-0.05, 0) is 13.0 Å². The van der Waals surface area contributed by atoms with Crippen LogP contribution in [0.3, 0.4) is 0 Å². The molecule has 0 amide bonds. The summed E-state index contributed by atoms with van der Waals surface area (Å²) in [7, 11) is 2.55. The van der Waals surface area contributed by atoms with Crippen molar-refractivity contribution in [3.63, 3.8) is 0 Å². The van der Waals surface area contributed by atoms with Gasteiger partial charge in [-0.1, -0.05) is 0 Å². The summed E-state index contributed by atoms with van der Waals surface area (Å²) >= 11 is 0. The first-order valence-corrected chi connectivity index (χ1v) is 6.74. The average Bonchev–Trinajstić information content (AvgIpc) is 2.24. The maximum Gasteiger partial charge on any atom is 0.500 e. The molecule has 0 rings (SSSR count). The molecule has 0 unspecified atom stereocenters. The Morgan fingerprint density at radius 3 is 2.00 bits per heavy atom. The van der Waals surface area contributed by atoms with Crippen molar-refractivity contribution in [2.45, 2.75) is 12.5 Å². The summed E-state index contributed by atoms with van der Waals surface area (Å²) in [4.78, 5) is 0. The fraction of sp³-hybridized carbons (Fsp3) is 1.00. The molecule has 94 valence electrons. The topological polar surface area (TPSA) is 97.2 Å². The number of nitrogens with two attached hydrogens (primary N) is 1. The van der Waals surface area contributed by atoms with E-state index in [1.54, 1.807) is 21.3 Å². The largest absolute Gasteiger partial charge is 0.500 e. The van der Waals surface area contributed by atoms with Gasteiger partial charge in [-0.2, -0.15) is 0 Å². The molecule has 0 heterocycles. The summed E-state index contributed by atoms with van der Waals surface area (Å²) in [5, 5.41) is 3.21. The Labute approximate surface area is 92.8 Å². The molecule has 0 spiro atoms. The van der Waals surface area contributed by atoms with Gasteiger partial charge in [-0.3, -0.25) is 0 Å². The number of hydrogen-bond acceptors (Lipinski definition) is 5. The molecular formula is C8H24N2O4Si. The summed E-state index contributed by atoms with van der Waals surface area (Å²) < 4.78 is 15.9. The highest BCUT2D eigenvalue weighted by atomic mass is 28.4. The van der Waals surface area contributed by atoms with E-state index < -0.39 is 8.80 Å². The molecule has 0 aliphatic heterocycles. The predicted molar refractivity (Wildman–Crippen MR) is 61.7 cm³/mol. The molecule has 0 saturated heterocycles. The van der Waals surface area contributed by atoms with Crippen LogP contribution in [-0.2, 0) is 13.3 Å². The first-order valence-electron chi connectivity index (χ1n) is 4.81. The van der Waals surface area contributed by atoms with Gasteiger partial charge < -0.3 is 29.8 Å². The van der Waals surface area contributed by atoms with Crippen molar-refractivity contribution in [1.29, 1.82) is 0 Å². The summed E-state index contributed by atoms with van der Waals surface area (Å²) in [6.45, 7) is 2.44. The molecule has 0 saturated carbocycles. The van der Waals surface area contributed by atoms with Crippen molar-refractivity contribution in [1.82, 2.24) is 5.32 Å². The van der Waals surface area contributed by atoms with Crippen LogP contribution >= 0.6 is 0 Å². The summed E-state index contributed by atoms with van der Waals surface area (Å²) in [6.07, 6.45) is 0.974. The number of hydrogen-bond donors (Lipinski definition) is 2. The lowest BCUT2D eigenvalue weighted by atomic mass is 10.5. The normalized spacial score (nSPS) is 11.2. The van der Waals surface area contributed by atoms with Gasteiger partial charge >= 0.3 is 8.80 Å². The van der Waals surface area contributed by atoms with Crippen LogP contribution < -0.4 is 11.1 Å². The van der Waals surface area contributed by atoms with Gasteiger partial charge in [0.05, 0.1) is 0 Å². The maximum absolute atomic E-state index is 5.35. The molecule has 5 N–H and O–H groups in total. The van der Waals surface area contributed by atoms with E-state index in [-0.39, 0.29) is 5.48 Å². The van der Waals surface area contributed by atoms with Crippen LogP contribution in [0, 0.1) is 0 Å². The molecule has 0 aliphatic rings. The highest BCUT2D eigenvalue weighted by Crippen LogP contribution is 2.13. The molecule has 0 atom stereocenters. The zero-order valence-corrected chi connectivity index (χ0v) is 10.8. The fourth-order valence-electron chi connectivity index (χ4n) is 1.21. The van der Waals surface area contributed by atoms with Crippen molar-refractivity contribution in [3.8, 4) is 0 Å². The molecule has 7 heteroatoms. The first-order chi connectivity index (χ1) is 6.74. The smallest absolute Gasteiger partial charge is 0.412 e. The van der Waals surface area contributed by atoms with E-state index in [1.165, 1.54) is 0 Å². The Morgan fingerprint density at radius 2 is 1.60 bits per heavy atom. The third-order valence-corrected chi connectivity index (χ3v) is 4.92. The SMILES string of the molecule is CO[Si](CCCNCCN)(OC)OC.O. The third kappa shape index (κ3) is 6.96. The molecule has 0 radical (unpaired) electrons. The van der Waals surface area contributed by atoms with Crippen molar-refractivity contribution < 1.29 is 18.8 Å². The van der Waals surface area contributed by atoms with Crippen molar-refractivity contribution in [2.24, 2.45) is 5.73 Å². The van der Waals surface area contributed by atoms with Crippen molar-refractivity contribution >= 4 is 8.80 Å². The van der Waals surface area contributed by atoms with E-state index in [4.69, 9.17) is 19.0 Å². The number of nitrogens with one attached hydrogen (secondary N) is 1. The van der Waals surface area contributed by atoms with Crippen LogP contribution in [0.5, 0.6) is 0 Å². The van der Waals surface area contributed by atoms with E-state index in [2.05, 4.69) is 5.32 Å². The van der Waals surface area contributed by atoms with Gasteiger partial charge in [-0.25, -0.2) is 0 Å². The molecule has 0 aromatic rings. The second kappa shape index (κ2) is 10.5. The molecule has 15 heavy (non-hydrogen) atoms. The molecule has 6 nitrogen and oxygen atoms in total. The minimum Gasteiger partial charge on any atom is -0.412 e. The predicted octanol–water partition coefficient (Wildman–Crippen LogP) is -1.02. The summed E-state index contributed by atoms with van der Waals surface area (Å²) in [5.74, 6) is 0. The van der Waals surface area contributed by atoms with Gasteiger partial charge in [0.15, 0.2) is 0 Å². The Morgan fingerprint density at radius 1 is 1.07 bits per heavy atom. The summed E-state index contributed by atoms with van der Waals surface area (Å²) in [5.41, 5.74) is 5.35. The van der Waals surface area contributed by atoms with Crippen LogP contribution in [0.4, 0.5) is 0 Å². The van der Waals surface area contributed by atoms with Gasteiger partial charge in [0, 0.05) is 40.5 Å². The molecule has 0 bridgehead atoms. The van der Waals surface area contributed by atoms with Gasteiger partial charge in [0.1, 0.15) is 0 Å². The summed E-state index contributed by atoms with van der Waals surface area (Å²) in [6, 6.07) is 0.827. The molecule has 0 aromatic heterocycles. The first kappa shape index (κ1) is 17.4. The fourth-order valence-corrected chi connectivity index (χ4v) is 2.94. The third-order valence-electron chi connectivity index (χ3n) is 2.09. The molecule has 0 aliphatic carbocycles. The monoisotopic (exact) mass is 240 g/mol. The van der Waals surface area contributed by atoms with Crippen molar-refractivity contribution in [3.05, 3.63) is 0 Å². The Balaban J connectivity index is 0. The van der Waals surface area contributed by atoms with E-state index in [9.17, 15) is 0 Å². The van der Waals surface area contributed by atoms with E-state index >= 15 is 0 Å². The van der Waals surface area contributed by atoms with Gasteiger partial charge in [0.2, 0.25) is 0 Å². The van der Waals surface area contributed by atoms with Crippen LogP contribution in [0.2, 0.25) is 6.04 Å². The van der Waals surface area contributed by atoms with Gasteiger partial charge in [0.25, 0.3) is 0 Å². The minimum absolute atomic E-state index is 0. The maximum atomic E-state index is 5.35. The Bertz CT molecular complexity index is 128. The highest BCUT2D eigenvalue weighted by Gasteiger charge is 2.36. The standard InChI is InChI=1S/C8H22N2O3Si.H2O/c1-11-14(12-2,13-3)8-4-6-10-7-5-9;/h10H,4-9H2,1-3H3;1H2. The van der Waals surface area contributed by atoms with E-state index in [1.807, 2.05) is 0 Å². The lowest BCUT2D eigenvalue weighted by Gasteiger charge is -2.24. The molecular weight excluding hydrogens is 216 g/mol. The lowest BCUT2D eigenvalue weighted by molar-refractivity contribution is 0.123.